The van der Waals surface area contributed by atoms with Crippen molar-refractivity contribution in [2.75, 3.05) is 32.7 Å². The minimum Gasteiger partial charge on any atom is -0.300 e. The van der Waals surface area contributed by atoms with E-state index in [1.807, 2.05) is 0 Å². The van der Waals surface area contributed by atoms with Gasteiger partial charge in [-0.1, -0.05) is 6.07 Å². The average molecular weight is 337 g/mol. The molecule has 1 saturated heterocycles. The van der Waals surface area contributed by atoms with Crippen LogP contribution in [0.4, 0.5) is 0 Å². The second-order valence-electron chi connectivity index (χ2n) is 5.04. The summed E-state index contributed by atoms with van der Waals surface area (Å²) in [6.45, 7) is 2.85. The molecule has 0 amide bonds. The van der Waals surface area contributed by atoms with Crippen molar-refractivity contribution in [1.82, 2.24) is 18.0 Å². The first-order valence-corrected chi connectivity index (χ1v) is 9.11. The molecule has 7 nitrogen and oxygen atoms in total. The fourth-order valence-corrected chi connectivity index (χ4v) is 4.70. The van der Waals surface area contributed by atoms with Crippen molar-refractivity contribution in [3.05, 3.63) is 18.2 Å². The fourth-order valence-electron chi connectivity index (χ4n) is 2.53. The molecule has 0 unspecified atom stereocenters. The predicted molar refractivity (Wildman–Crippen MR) is 82.8 cm³/mol. The van der Waals surface area contributed by atoms with Gasteiger partial charge in [0.25, 0.3) is 0 Å². The number of aromatic nitrogens is 2. The van der Waals surface area contributed by atoms with E-state index in [1.54, 1.807) is 18.2 Å². The number of rotatable bonds is 4. The Morgan fingerprint density at radius 2 is 2.00 bits per heavy atom. The number of hydrogen-bond donors (Lipinski definition) is 0. The lowest BCUT2D eigenvalue weighted by Gasteiger charge is -2.33. The van der Waals surface area contributed by atoms with Gasteiger partial charge in [-0.25, -0.2) is 8.42 Å². The SMILES string of the molecule is N#CCCN1CCN(S(=O)(=O)c2cccc3nsnc23)CC1. The van der Waals surface area contributed by atoms with E-state index in [1.165, 1.54) is 4.31 Å². The Balaban J connectivity index is 1.80. The zero-order valence-electron chi connectivity index (χ0n) is 11.8. The minimum atomic E-state index is -3.56. The number of hydrogen-bond acceptors (Lipinski definition) is 7. The molecule has 0 saturated carbocycles. The van der Waals surface area contributed by atoms with Crippen LogP contribution >= 0.6 is 11.7 Å². The molecule has 2 heterocycles. The van der Waals surface area contributed by atoms with Crippen molar-refractivity contribution in [2.24, 2.45) is 0 Å². The molecule has 0 N–H and O–H groups in total. The topological polar surface area (TPSA) is 90.2 Å². The molecule has 1 aromatic heterocycles. The van der Waals surface area contributed by atoms with Gasteiger partial charge in [-0.15, -0.1) is 0 Å². The van der Waals surface area contributed by atoms with Crippen LogP contribution in [0, 0.1) is 11.3 Å². The maximum absolute atomic E-state index is 12.8. The summed E-state index contributed by atoms with van der Waals surface area (Å²) in [6.07, 6.45) is 0.469. The molecule has 2 aromatic rings. The first-order chi connectivity index (χ1) is 10.6. The molecule has 1 aliphatic heterocycles. The van der Waals surface area contributed by atoms with Crippen LogP contribution < -0.4 is 0 Å². The van der Waals surface area contributed by atoms with Gasteiger partial charge >= 0.3 is 0 Å². The van der Waals surface area contributed by atoms with Crippen LogP contribution in [0.15, 0.2) is 23.1 Å². The molecule has 1 aromatic carbocycles. The van der Waals surface area contributed by atoms with E-state index < -0.39 is 10.0 Å². The monoisotopic (exact) mass is 337 g/mol. The summed E-state index contributed by atoms with van der Waals surface area (Å²) in [4.78, 5) is 2.34. The molecule has 0 bridgehead atoms. The molecule has 0 atom stereocenters. The van der Waals surface area contributed by atoms with Gasteiger partial charge in [0.05, 0.1) is 17.8 Å². The first-order valence-electron chi connectivity index (χ1n) is 6.93. The summed E-state index contributed by atoms with van der Waals surface area (Å²) in [5, 5.41) is 8.61. The number of fused-ring (bicyclic) bond motifs is 1. The molecule has 3 rings (SSSR count). The Bertz CT molecular complexity index is 803. The van der Waals surface area contributed by atoms with E-state index >= 15 is 0 Å². The molecule has 9 heteroatoms. The fraction of sp³-hybridized carbons (Fsp3) is 0.462. The van der Waals surface area contributed by atoms with Gasteiger partial charge in [0.1, 0.15) is 15.9 Å². The maximum Gasteiger partial charge on any atom is 0.245 e. The zero-order valence-corrected chi connectivity index (χ0v) is 13.5. The predicted octanol–water partition coefficient (Wildman–Crippen LogP) is 0.911. The Morgan fingerprint density at radius 3 is 2.73 bits per heavy atom. The van der Waals surface area contributed by atoms with Crippen LogP contribution in [-0.2, 0) is 10.0 Å². The van der Waals surface area contributed by atoms with Crippen molar-refractivity contribution in [3.63, 3.8) is 0 Å². The highest BCUT2D eigenvalue weighted by Crippen LogP contribution is 2.25. The molecule has 0 spiro atoms. The van der Waals surface area contributed by atoms with Gasteiger partial charge in [0, 0.05) is 39.1 Å². The van der Waals surface area contributed by atoms with Gasteiger partial charge in [0.15, 0.2) is 0 Å². The minimum absolute atomic E-state index is 0.226. The van der Waals surface area contributed by atoms with Crippen LogP contribution in [0.2, 0.25) is 0 Å². The van der Waals surface area contributed by atoms with E-state index in [2.05, 4.69) is 19.7 Å². The quantitative estimate of drug-likeness (QED) is 0.824. The number of benzene rings is 1. The second-order valence-corrected chi connectivity index (χ2v) is 7.48. The highest BCUT2D eigenvalue weighted by molar-refractivity contribution is 7.89. The van der Waals surface area contributed by atoms with Gasteiger partial charge in [-0.3, -0.25) is 4.90 Å². The second kappa shape index (κ2) is 6.26. The van der Waals surface area contributed by atoms with Gasteiger partial charge < -0.3 is 0 Å². The molecule has 1 aliphatic rings. The average Bonchev–Trinajstić information content (AvgIpc) is 3.01. The van der Waals surface area contributed by atoms with Crippen molar-refractivity contribution < 1.29 is 8.42 Å². The lowest BCUT2D eigenvalue weighted by molar-refractivity contribution is 0.192. The van der Waals surface area contributed by atoms with Crippen molar-refractivity contribution in [2.45, 2.75) is 11.3 Å². The molecule has 0 aliphatic carbocycles. The van der Waals surface area contributed by atoms with E-state index in [-0.39, 0.29) is 4.90 Å². The largest absolute Gasteiger partial charge is 0.300 e. The summed E-state index contributed by atoms with van der Waals surface area (Å²) in [5.74, 6) is 0. The third-order valence-corrected chi connectivity index (χ3v) is 6.21. The van der Waals surface area contributed by atoms with Gasteiger partial charge in [-0.05, 0) is 12.1 Å². The number of sulfonamides is 1. The number of piperazine rings is 1. The zero-order chi connectivity index (χ0) is 15.6. The normalized spacial score (nSPS) is 17.6. The summed E-state index contributed by atoms with van der Waals surface area (Å²) in [5.41, 5.74) is 1.05. The van der Waals surface area contributed by atoms with Crippen molar-refractivity contribution >= 4 is 32.8 Å². The molecule has 116 valence electrons. The molecule has 22 heavy (non-hydrogen) atoms. The molecular formula is C13H15N5O2S2. The maximum atomic E-state index is 12.8. The third kappa shape index (κ3) is 2.83. The Kier molecular flexibility index (Phi) is 4.35. The van der Waals surface area contributed by atoms with Crippen LogP contribution in [-0.4, -0.2) is 59.1 Å². The highest BCUT2D eigenvalue weighted by atomic mass is 32.2. The highest BCUT2D eigenvalue weighted by Gasteiger charge is 2.30. The Hall–Kier alpha value is -1.60. The summed E-state index contributed by atoms with van der Waals surface area (Å²) >= 11 is 1.02. The van der Waals surface area contributed by atoms with Gasteiger partial charge in [0.2, 0.25) is 10.0 Å². The van der Waals surface area contributed by atoms with E-state index in [0.717, 1.165) is 11.7 Å². The first kappa shape index (κ1) is 15.3. The summed E-state index contributed by atoms with van der Waals surface area (Å²) in [6, 6.07) is 7.15. The van der Waals surface area contributed by atoms with Crippen molar-refractivity contribution in [1.29, 1.82) is 5.26 Å². The number of nitriles is 1. The smallest absolute Gasteiger partial charge is 0.245 e. The number of nitrogens with zero attached hydrogens (tertiary/aromatic N) is 5. The van der Waals surface area contributed by atoms with Gasteiger partial charge in [-0.2, -0.15) is 18.3 Å². The standard InChI is InChI=1S/C13H15N5O2S2/c14-5-2-6-17-7-9-18(10-8-17)22(19,20)12-4-1-3-11-13(12)16-21-15-11/h1,3-4H,2,6-10H2. The Morgan fingerprint density at radius 1 is 1.23 bits per heavy atom. The molecule has 1 fully saturated rings. The van der Waals surface area contributed by atoms with E-state index in [9.17, 15) is 8.42 Å². The van der Waals surface area contributed by atoms with Crippen molar-refractivity contribution in [3.8, 4) is 6.07 Å². The lowest BCUT2D eigenvalue weighted by atomic mass is 10.3. The van der Waals surface area contributed by atoms with E-state index in [0.29, 0.717) is 50.2 Å². The van der Waals surface area contributed by atoms with Crippen LogP contribution in [0.25, 0.3) is 11.0 Å². The van der Waals surface area contributed by atoms with Crippen LogP contribution in [0.1, 0.15) is 6.42 Å². The van der Waals surface area contributed by atoms with Crippen LogP contribution in [0.3, 0.4) is 0 Å². The molecular weight excluding hydrogens is 322 g/mol. The third-order valence-electron chi connectivity index (χ3n) is 3.74. The summed E-state index contributed by atoms with van der Waals surface area (Å²) < 4.78 is 35.3. The van der Waals surface area contributed by atoms with E-state index in [4.69, 9.17) is 5.26 Å². The lowest BCUT2D eigenvalue weighted by Crippen LogP contribution is -2.48. The molecule has 0 radical (unpaired) electrons. The van der Waals surface area contributed by atoms with Crippen LogP contribution in [0.5, 0.6) is 0 Å². The summed E-state index contributed by atoms with van der Waals surface area (Å²) in [7, 11) is -3.56. The Labute approximate surface area is 133 Å².